The van der Waals surface area contributed by atoms with Crippen LogP contribution in [-0.2, 0) is 0 Å². The molecule has 0 aliphatic rings. The third kappa shape index (κ3) is 3.18. The number of aryl methyl sites for hydroxylation is 1. The zero-order valence-electron chi connectivity index (χ0n) is 9.63. The fourth-order valence-corrected chi connectivity index (χ4v) is 1.79. The fourth-order valence-electron chi connectivity index (χ4n) is 1.33. The largest absolute Gasteiger partial charge is 0.433 e. The van der Waals surface area contributed by atoms with Crippen molar-refractivity contribution in [3.05, 3.63) is 49.8 Å². The summed E-state index contributed by atoms with van der Waals surface area (Å²) in [5, 5.41) is 10.8. The van der Waals surface area contributed by atoms with Gasteiger partial charge < -0.3 is 4.74 Å². The van der Waals surface area contributed by atoms with Crippen LogP contribution in [0.3, 0.4) is 0 Å². The van der Waals surface area contributed by atoms with Crippen LogP contribution >= 0.6 is 27.5 Å². The number of halogens is 2. The summed E-state index contributed by atoms with van der Waals surface area (Å²) in [5.74, 6) is 0.262. The van der Waals surface area contributed by atoms with Crippen molar-refractivity contribution in [3.63, 3.8) is 0 Å². The van der Waals surface area contributed by atoms with E-state index in [0.29, 0.717) is 5.75 Å². The highest BCUT2D eigenvalue weighted by Crippen LogP contribution is 2.32. The molecule has 0 N–H and O–H groups in total. The van der Waals surface area contributed by atoms with E-state index in [2.05, 4.69) is 25.9 Å². The van der Waals surface area contributed by atoms with Crippen molar-refractivity contribution in [1.29, 1.82) is 0 Å². The van der Waals surface area contributed by atoms with Crippen LogP contribution in [0.15, 0.2) is 28.9 Å². The van der Waals surface area contributed by atoms with E-state index >= 15 is 0 Å². The third-order valence-electron chi connectivity index (χ3n) is 2.26. The van der Waals surface area contributed by atoms with Crippen LogP contribution in [0.1, 0.15) is 5.56 Å². The van der Waals surface area contributed by atoms with E-state index < -0.39 is 4.92 Å². The fraction of sp³-hybridized carbons (Fsp3) is 0.0909. The van der Waals surface area contributed by atoms with Gasteiger partial charge >= 0.3 is 11.6 Å². The number of ether oxygens (including phenoxy) is 1. The molecule has 1 aromatic heterocycles. The summed E-state index contributed by atoms with van der Waals surface area (Å²) in [5.41, 5.74) is 0.469. The standard InChI is InChI=1S/C11H7BrClN3O3/c1-6-2-3-7(12)4-9(6)19-10-8(16(17)18)5-14-11(13)15-10/h2-5H,1H3. The molecule has 0 aliphatic carbocycles. The van der Waals surface area contributed by atoms with Gasteiger partial charge in [-0.15, -0.1) is 0 Å². The minimum Gasteiger partial charge on any atom is -0.433 e. The first-order valence-electron chi connectivity index (χ1n) is 5.08. The van der Waals surface area contributed by atoms with Crippen molar-refractivity contribution in [2.45, 2.75) is 6.92 Å². The van der Waals surface area contributed by atoms with Gasteiger partial charge in [0.1, 0.15) is 11.9 Å². The molecular formula is C11H7BrClN3O3. The highest BCUT2D eigenvalue weighted by molar-refractivity contribution is 9.10. The minimum absolute atomic E-state index is 0.117. The number of aromatic nitrogens is 2. The average molecular weight is 345 g/mol. The van der Waals surface area contributed by atoms with E-state index in [1.54, 1.807) is 6.07 Å². The molecule has 19 heavy (non-hydrogen) atoms. The highest BCUT2D eigenvalue weighted by Gasteiger charge is 2.20. The Morgan fingerprint density at radius 2 is 2.21 bits per heavy atom. The molecule has 0 bridgehead atoms. The quantitative estimate of drug-likeness (QED) is 0.479. The van der Waals surface area contributed by atoms with Crippen LogP contribution in [0.25, 0.3) is 0 Å². The molecule has 6 nitrogen and oxygen atoms in total. The van der Waals surface area contributed by atoms with Gasteiger partial charge in [0.05, 0.1) is 4.92 Å². The van der Waals surface area contributed by atoms with Gasteiger partial charge in [-0.3, -0.25) is 10.1 Å². The van der Waals surface area contributed by atoms with Gasteiger partial charge in [-0.05, 0) is 36.2 Å². The first-order valence-corrected chi connectivity index (χ1v) is 6.25. The van der Waals surface area contributed by atoms with Gasteiger partial charge in [0.15, 0.2) is 0 Å². The molecule has 0 aliphatic heterocycles. The molecule has 1 heterocycles. The monoisotopic (exact) mass is 343 g/mol. The molecule has 2 aromatic rings. The maximum absolute atomic E-state index is 10.9. The van der Waals surface area contributed by atoms with Crippen LogP contribution in [-0.4, -0.2) is 14.9 Å². The van der Waals surface area contributed by atoms with E-state index in [4.69, 9.17) is 16.3 Å². The lowest BCUT2D eigenvalue weighted by Crippen LogP contribution is -1.98. The zero-order valence-corrected chi connectivity index (χ0v) is 12.0. The summed E-state index contributed by atoms with van der Waals surface area (Å²) in [4.78, 5) is 17.5. The summed E-state index contributed by atoms with van der Waals surface area (Å²) in [7, 11) is 0. The topological polar surface area (TPSA) is 78.2 Å². The summed E-state index contributed by atoms with van der Waals surface area (Å²) >= 11 is 8.92. The van der Waals surface area contributed by atoms with Crippen LogP contribution in [0.2, 0.25) is 5.28 Å². The molecule has 8 heteroatoms. The van der Waals surface area contributed by atoms with Crippen LogP contribution in [0.4, 0.5) is 5.69 Å². The number of benzene rings is 1. The predicted molar refractivity (Wildman–Crippen MR) is 72.6 cm³/mol. The molecule has 0 saturated heterocycles. The summed E-state index contributed by atoms with van der Waals surface area (Å²) in [6.07, 6.45) is 1.01. The first-order chi connectivity index (χ1) is 8.97. The van der Waals surface area contributed by atoms with Crippen molar-refractivity contribution in [2.24, 2.45) is 0 Å². The Morgan fingerprint density at radius 3 is 2.89 bits per heavy atom. The second-order valence-corrected chi connectivity index (χ2v) is 4.85. The average Bonchev–Trinajstić information content (AvgIpc) is 2.33. The summed E-state index contributed by atoms with van der Waals surface area (Å²) in [6, 6.07) is 5.34. The van der Waals surface area contributed by atoms with E-state index in [1.165, 1.54) is 0 Å². The Morgan fingerprint density at radius 1 is 1.47 bits per heavy atom. The number of nitro groups is 1. The van der Waals surface area contributed by atoms with E-state index in [-0.39, 0.29) is 16.9 Å². The number of rotatable bonds is 3. The molecule has 0 spiro atoms. The second kappa shape index (κ2) is 5.50. The Balaban J connectivity index is 2.45. The van der Waals surface area contributed by atoms with Crippen molar-refractivity contribution in [1.82, 2.24) is 9.97 Å². The maximum atomic E-state index is 10.9. The zero-order chi connectivity index (χ0) is 14.0. The molecule has 0 atom stereocenters. The second-order valence-electron chi connectivity index (χ2n) is 3.60. The molecule has 0 saturated carbocycles. The van der Waals surface area contributed by atoms with E-state index in [9.17, 15) is 10.1 Å². The Kier molecular flexibility index (Phi) is 3.96. The highest BCUT2D eigenvalue weighted by atomic mass is 79.9. The molecule has 1 aromatic carbocycles. The normalized spacial score (nSPS) is 10.3. The molecule has 2 rings (SSSR count). The van der Waals surface area contributed by atoms with E-state index in [1.807, 2.05) is 19.1 Å². The molecule has 0 fully saturated rings. The number of hydrogen-bond donors (Lipinski definition) is 0. The molecule has 98 valence electrons. The lowest BCUT2D eigenvalue weighted by atomic mass is 10.2. The van der Waals surface area contributed by atoms with Gasteiger partial charge in [-0.25, -0.2) is 4.98 Å². The summed E-state index contributed by atoms with van der Waals surface area (Å²) < 4.78 is 6.24. The van der Waals surface area contributed by atoms with Crippen molar-refractivity contribution in [3.8, 4) is 11.6 Å². The van der Waals surface area contributed by atoms with Gasteiger partial charge in [-0.2, -0.15) is 4.98 Å². The molecule has 0 amide bonds. The molecule has 0 radical (unpaired) electrons. The minimum atomic E-state index is -0.626. The summed E-state index contributed by atoms with van der Waals surface area (Å²) in [6.45, 7) is 1.82. The Bertz CT molecular complexity index is 651. The third-order valence-corrected chi connectivity index (χ3v) is 2.94. The van der Waals surface area contributed by atoms with Gasteiger partial charge in [0.2, 0.25) is 5.28 Å². The molecular weight excluding hydrogens is 337 g/mol. The van der Waals surface area contributed by atoms with Crippen LogP contribution in [0.5, 0.6) is 11.6 Å². The van der Waals surface area contributed by atoms with E-state index in [0.717, 1.165) is 16.2 Å². The Hall–Kier alpha value is -1.73. The smallest absolute Gasteiger partial charge is 0.349 e. The predicted octanol–water partition coefficient (Wildman–Crippen LogP) is 3.90. The van der Waals surface area contributed by atoms with Crippen molar-refractivity contribution < 1.29 is 9.66 Å². The number of hydrogen-bond acceptors (Lipinski definition) is 5. The van der Waals surface area contributed by atoms with Crippen molar-refractivity contribution >= 4 is 33.2 Å². The van der Waals surface area contributed by atoms with Crippen LogP contribution < -0.4 is 4.74 Å². The lowest BCUT2D eigenvalue weighted by molar-refractivity contribution is -0.386. The number of nitrogens with zero attached hydrogens (tertiary/aromatic N) is 3. The SMILES string of the molecule is Cc1ccc(Br)cc1Oc1nc(Cl)ncc1[N+](=O)[O-]. The maximum Gasteiger partial charge on any atom is 0.349 e. The lowest BCUT2D eigenvalue weighted by Gasteiger charge is -2.08. The van der Waals surface area contributed by atoms with Gasteiger partial charge in [0, 0.05) is 4.47 Å². The van der Waals surface area contributed by atoms with Crippen LogP contribution in [0, 0.1) is 17.0 Å². The van der Waals surface area contributed by atoms with Gasteiger partial charge in [0.25, 0.3) is 0 Å². The van der Waals surface area contributed by atoms with Gasteiger partial charge in [-0.1, -0.05) is 22.0 Å². The Labute approximate surface area is 121 Å². The van der Waals surface area contributed by atoms with Crippen molar-refractivity contribution in [2.75, 3.05) is 0 Å². The molecule has 0 unspecified atom stereocenters. The first kappa shape index (κ1) is 13.7.